The van der Waals surface area contributed by atoms with E-state index in [1.165, 1.54) is 18.4 Å². The average Bonchev–Trinajstić information content (AvgIpc) is 2.95. The molecule has 1 aliphatic carbocycles. The lowest BCUT2D eigenvalue weighted by Crippen LogP contribution is -2.53. The second kappa shape index (κ2) is 4.95. The molecule has 2 N–H and O–H groups in total. The molecule has 1 aromatic rings. The van der Waals surface area contributed by atoms with E-state index in [0.29, 0.717) is 0 Å². The topological polar surface area (TPSA) is 29.3 Å². The predicted octanol–water partition coefficient (Wildman–Crippen LogP) is 3.48. The highest BCUT2D eigenvalue weighted by Crippen LogP contribution is 2.35. The summed E-state index contributed by atoms with van der Waals surface area (Å²) in [5.41, 5.74) is 7.76. The van der Waals surface area contributed by atoms with E-state index in [0.717, 1.165) is 19.1 Å². The van der Waals surface area contributed by atoms with Crippen molar-refractivity contribution in [1.29, 1.82) is 0 Å². The van der Waals surface area contributed by atoms with Gasteiger partial charge in [0.1, 0.15) is 0 Å². The first-order chi connectivity index (χ1) is 8.29. The van der Waals surface area contributed by atoms with E-state index in [9.17, 15) is 0 Å². The third-order valence-corrected chi connectivity index (χ3v) is 5.10. The molecule has 0 saturated heterocycles. The van der Waals surface area contributed by atoms with E-state index in [-0.39, 0.29) is 11.0 Å². The van der Waals surface area contributed by atoms with Gasteiger partial charge in [-0.3, -0.25) is 4.90 Å². The molecule has 0 amide bonds. The molecule has 0 radical (unpaired) electrons. The lowest BCUT2D eigenvalue weighted by atomic mass is 9.75. The summed E-state index contributed by atoms with van der Waals surface area (Å²) in [7, 11) is 0. The van der Waals surface area contributed by atoms with Crippen molar-refractivity contribution in [3.8, 4) is 0 Å². The Morgan fingerprint density at radius 3 is 2.44 bits per heavy atom. The van der Waals surface area contributed by atoms with Crippen molar-refractivity contribution in [3.63, 3.8) is 0 Å². The molecule has 1 aromatic heterocycles. The van der Waals surface area contributed by atoms with Gasteiger partial charge in [-0.25, -0.2) is 0 Å². The smallest absolute Gasteiger partial charge is 0.0245 e. The van der Waals surface area contributed by atoms with Crippen molar-refractivity contribution in [2.75, 3.05) is 6.54 Å². The highest BCUT2D eigenvalue weighted by atomic mass is 32.1. The zero-order valence-electron chi connectivity index (χ0n) is 12.1. The fourth-order valence-corrected chi connectivity index (χ4v) is 2.74. The largest absolute Gasteiger partial charge is 0.325 e. The molecule has 3 heteroatoms. The Morgan fingerprint density at radius 1 is 1.33 bits per heavy atom. The van der Waals surface area contributed by atoms with Crippen LogP contribution in [0.15, 0.2) is 16.8 Å². The van der Waals surface area contributed by atoms with E-state index in [4.69, 9.17) is 5.73 Å². The Morgan fingerprint density at radius 2 is 2.00 bits per heavy atom. The molecule has 0 aliphatic heterocycles. The third kappa shape index (κ3) is 3.34. The van der Waals surface area contributed by atoms with Gasteiger partial charge in [0.25, 0.3) is 0 Å². The number of hydrogen-bond donors (Lipinski definition) is 1. The van der Waals surface area contributed by atoms with Crippen molar-refractivity contribution >= 4 is 11.3 Å². The van der Waals surface area contributed by atoms with E-state index in [1.54, 1.807) is 11.3 Å². The van der Waals surface area contributed by atoms with Gasteiger partial charge in [0.2, 0.25) is 0 Å². The quantitative estimate of drug-likeness (QED) is 0.854. The molecule has 1 saturated carbocycles. The van der Waals surface area contributed by atoms with Gasteiger partial charge in [0, 0.05) is 24.7 Å². The van der Waals surface area contributed by atoms with Gasteiger partial charge < -0.3 is 5.73 Å². The van der Waals surface area contributed by atoms with Crippen LogP contribution in [0.4, 0.5) is 0 Å². The summed E-state index contributed by atoms with van der Waals surface area (Å²) in [6.45, 7) is 11.0. The van der Waals surface area contributed by atoms with Gasteiger partial charge in [0.05, 0.1) is 0 Å². The first-order valence-corrected chi connectivity index (χ1v) is 7.78. The Labute approximate surface area is 115 Å². The number of rotatable bonds is 6. The number of hydrogen-bond acceptors (Lipinski definition) is 3. The monoisotopic (exact) mass is 266 g/mol. The van der Waals surface area contributed by atoms with Crippen molar-refractivity contribution < 1.29 is 0 Å². The second-order valence-electron chi connectivity index (χ2n) is 6.87. The maximum atomic E-state index is 6.33. The van der Waals surface area contributed by atoms with Gasteiger partial charge in [0.15, 0.2) is 0 Å². The molecule has 102 valence electrons. The summed E-state index contributed by atoms with van der Waals surface area (Å²) in [6, 6.07) is 3.02. The molecule has 1 fully saturated rings. The number of thiophene rings is 1. The Hall–Kier alpha value is -0.380. The fraction of sp³-hybridized carbons (Fsp3) is 0.733. The molecule has 0 bridgehead atoms. The van der Waals surface area contributed by atoms with E-state index >= 15 is 0 Å². The molecule has 2 rings (SSSR count). The van der Waals surface area contributed by atoms with Crippen molar-refractivity contribution in [1.82, 2.24) is 4.90 Å². The minimum absolute atomic E-state index is 0.131. The average molecular weight is 266 g/mol. The Kier molecular flexibility index (Phi) is 3.86. The highest BCUT2D eigenvalue weighted by Gasteiger charge is 2.39. The summed E-state index contributed by atoms with van der Waals surface area (Å²) < 4.78 is 0. The van der Waals surface area contributed by atoms with Crippen LogP contribution in [0.3, 0.4) is 0 Å². The zero-order valence-corrected chi connectivity index (χ0v) is 12.9. The van der Waals surface area contributed by atoms with Gasteiger partial charge in [-0.05, 0) is 54.5 Å². The third-order valence-electron chi connectivity index (χ3n) is 4.37. The summed E-state index contributed by atoms with van der Waals surface area (Å²) in [5, 5.41) is 4.42. The second-order valence-corrected chi connectivity index (χ2v) is 7.65. The minimum Gasteiger partial charge on any atom is -0.325 e. The highest BCUT2D eigenvalue weighted by molar-refractivity contribution is 7.07. The first-order valence-electron chi connectivity index (χ1n) is 6.84. The molecule has 1 heterocycles. The molecule has 0 unspecified atom stereocenters. The van der Waals surface area contributed by atoms with Crippen LogP contribution in [0.25, 0.3) is 0 Å². The van der Waals surface area contributed by atoms with Crippen LogP contribution in [0.2, 0.25) is 0 Å². The van der Waals surface area contributed by atoms with Gasteiger partial charge >= 0.3 is 0 Å². The first kappa shape index (κ1) is 14.0. The molecule has 0 atom stereocenters. The molecule has 1 aliphatic rings. The zero-order chi connectivity index (χ0) is 13.4. The van der Waals surface area contributed by atoms with Crippen LogP contribution in [0.1, 0.15) is 46.1 Å². The Balaban J connectivity index is 2.03. The maximum absolute atomic E-state index is 6.33. The van der Waals surface area contributed by atoms with E-state index in [2.05, 4.69) is 49.4 Å². The predicted molar refractivity (Wildman–Crippen MR) is 79.8 cm³/mol. The van der Waals surface area contributed by atoms with Gasteiger partial charge in [-0.15, -0.1) is 0 Å². The molecule has 2 nitrogen and oxygen atoms in total. The standard InChI is InChI=1S/C15H26N2S/c1-14(2,15(3,4)16)11-17(13-5-6-13)9-12-7-8-18-10-12/h7-8,10,13H,5-6,9,11,16H2,1-4H3. The van der Waals surface area contributed by atoms with Crippen LogP contribution >= 0.6 is 11.3 Å². The van der Waals surface area contributed by atoms with Gasteiger partial charge in [-0.2, -0.15) is 11.3 Å². The SMILES string of the molecule is CC(C)(N)C(C)(C)CN(Cc1ccsc1)C1CC1. The lowest BCUT2D eigenvalue weighted by Gasteiger charge is -2.42. The summed E-state index contributed by atoms with van der Waals surface area (Å²) in [5.74, 6) is 0. The van der Waals surface area contributed by atoms with Crippen LogP contribution in [-0.2, 0) is 6.54 Å². The number of nitrogens with zero attached hydrogens (tertiary/aromatic N) is 1. The van der Waals surface area contributed by atoms with Crippen molar-refractivity contribution in [2.45, 2.75) is 58.7 Å². The molecule has 0 aromatic carbocycles. The van der Waals surface area contributed by atoms with E-state index in [1.807, 2.05) is 0 Å². The molecular weight excluding hydrogens is 240 g/mol. The molecule has 18 heavy (non-hydrogen) atoms. The normalized spacial score (nSPS) is 17.4. The van der Waals surface area contributed by atoms with E-state index < -0.39 is 0 Å². The lowest BCUT2D eigenvalue weighted by molar-refractivity contribution is 0.103. The minimum atomic E-state index is -0.144. The van der Waals surface area contributed by atoms with Crippen molar-refractivity contribution in [3.05, 3.63) is 22.4 Å². The van der Waals surface area contributed by atoms with Crippen LogP contribution < -0.4 is 5.73 Å². The summed E-state index contributed by atoms with van der Waals surface area (Å²) in [6.07, 6.45) is 2.70. The van der Waals surface area contributed by atoms with Crippen LogP contribution in [0.5, 0.6) is 0 Å². The van der Waals surface area contributed by atoms with Crippen molar-refractivity contribution in [2.24, 2.45) is 11.1 Å². The summed E-state index contributed by atoms with van der Waals surface area (Å²) in [4.78, 5) is 2.62. The van der Waals surface area contributed by atoms with Crippen LogP contribution in [-0.4, -0.2) is 23.0 Å². The molecular formula is C15H26N2S. The Bertz CT molecular complexity index is 372. The molecule has 0 spiro atoms. The van der Waals surface area contributed by atoms with Gasteiger partial charge in [-0.1, -0.05) is 13.8 Å². The maximum Gasteiger partial charge on any atom is 0.0245 e. The van der Waals surface area contributed by atoms with Crippen LogP contribution in [0, 0.1) is 5.41 Å². The fourth-order valence-electron chi connectivity index (χ4n) is 2.08. The summed E-state index contributed by atoms with van der Waals surface area (Å²) >= 11 is 1.79. The number of nitrogens with two attached hydrogens (primary N) is 1.